The van der Waals surface area contributed by atoms with Gasteiger partial charge in [-0.25, -0.2) is 0 Å². The van der Waals surface area contributed by atoms with Crippen LogP contribution in [0.4, 0.5) is 5.95 Å². The fourth-order valence-corrected chi connectivity index (χ4v) is 2.88. The fraction of sp³-hybridized carbons (Fsp3) is 0.857. The van der Waals surface area contributed by atoms with Crippen molar-refractivity contribution < 1.29 is 9.47 Å². The lowest BCUT2D eigenvalue weighted by Gasteiger charge is -2.31. The van der Waals surface area contributed by atoms with Crippen molar-refractivity contribution in [3.8, 4) is 0 Å². The molecule has 21 heavy (non-hydrogen) atoms. The lowest BCUT2D eigenvalue weighted by atomic mass is 9.97. The van der Waals surface area contributed by atoms with Gasteiger partial charge in [0.1, 0.15) is 6.10 Å². The average Bonchev–Trinajstić information content (AvgIpc) is 3.04. The van der Waals surface area contributed by atoms with Crippen molar-refractivity contribution in [2.24, 2.45) is 5.92 Å². The van der Waals surface area contributed by atoms with Gasteiger partial charge in [-0.05, 0) is 31.8 Å². The molecule has 0 saturated carbocycles. The number of ether oxygens (including phenoxy) is 2. The highest BCUT2D eigenvalue weighted by Gasteiger charge is 2.24. The van der Waals surface area contributed by atoms with Crippen molar-refractivity contribution in [2.75, 3.05) is 50.9 Å². The number of piperidine rings is 1. The smallest absolute Gasteiger partial charge is 0.244 e. The van der Waals surface area contributed by atoms with Gasteiger partial charge >= 0.3 is 0 Å². The van der Waals surface area contributed by atoms with Crippen LogP contribution in [0.15, 0.2) is 0 Å². The number of aromatic nitrogens is 3. The first kappa shape index (κ1) is 14.7. The van der Waals surface area contributed by atoms with Crippen LogP contribution in [-0.2, 0) is 9.47 Å². The first-order valence-corrected chi connectivity index (χ1v) is 7.94. The van der Waals surface area contributed by atoms with E-state index in [0.717, 1.165) is 43.9 Å². The first-order valence-electron chi connectivity index (χ1n) is 7.94. The highest BCUT2D eigenvalue weighted by atomic mass is 16.6. The van der Waals surface area contributed by atoms with Crippen LogP contribution in [0, 0.1) is 5.92 Å². The highest BCUT2D eigenvalue weighted by molar-refractivity contribution is 5.29. The van der Waals surface area contributed by atoms with E-state index in [0.29, 0.717) is 19.8 Å². The van der Waals surface area contributed by atoms with Gasteiger partial charge < -0.3 is 19.7 Å². The second-order valence-electron chi connectivity index (χ2n) is 5.69. The van der Waals surface area contributed by atoms with Gasteiger partial charge in [-0.15, -0.1) is 5.10 Å². The van der Waals surface area contributed by atoms with E-state index in [2.05, 4.69) is 32.3 Å². The summed E-state index contributed by atoms with van der Waals surface area (Å²) in [5, 5.41) is 10.8. The van der Waals surface area contributed by atoms with Crippen LogP contribution in [0.1, 0.15) is 31.7 Å². The van der Waals surface area contributed by atoms with Gasteiger partial charge in [-0.3, -0.25) is 5.10 Å². The van der Waals surface area contributed by atoms with Crippen LogP contribution in [0.5, 0.6) is 0 Å². The molecular formula is C14H25N5O2. The Balaban J connectivity index is 1.52. The summed E-state index contributed by atoms with van der Waals surface area (Å²) in [6, 6.07) is 0. The maximum Gasteiger partial charge on any atom is 0.244 e. The van der Waals surface area contributed by atoms with E-state index in [1.165, 1.54) is 12.8 Å². The monoisotopic (exact) mass is 295 g/mol. The van der Waals surface area contributed by atoms with Crippen molar-refractivity contribution >= 4 is 5.95 Å². The van der Waals surface area contributed by atoms with Crippen LogP contribution < -0.4 is 10.2 Å². The first-order chi connectivity index (χ1) is 10.4. The molecule has 1 aromatic rings. The van der Waals surface area contributed by atoms with Crippen LogP contribution in [0.3, 0.4) is 0 Å². The summed E-state index contributed by atoms with van der Waals surface area (Å²) in [6.07, 6.45) is 2.28. The van der Waals surface area contributed by atoms with E-state index >= 15 is 0 Å². The third kappa shape index (κ3) is 3.72. The molecule has 1 unspecified atom stereocenters. The van der Waals surface area contributed by atoms with E-state index in [4.69, 9.17) is 9.47 Å². The lowest BCUT2D eigenvalue weighted by Crippen LogP contribution is -2.37. The molecule has 2 aliphatic rings. The summed E-state index contributed by atoms with van der Waals surface area (Å²) < 4.78 is 11.0. The van der Waals surface area contributed by atoms with Crippen molar-refractivity contribution in [1.82, 2.24) is 20.5 Å². The maximum absolute atomic E-state index is 5.64. The largest absolute Gasteiger partial charge is 0.376 e. The Morgan fingerprint density at radius 3 is 2.90 bits per heavy atom. The summed E-state index contributed by atoms with van der Waals surface area (Å²) in [7, 11) is 0. The summed E-state index contributed by atoms with van der Waals surface area (Å²) in [6.45, 7) is 8.21. The second-order valence-corrected chi connectivity index (χ2v) is 5.69. The number of nitrogens with zero attached hydrogens (tertiary/aromatic N) is 3. The molecule has 2 saturated heterocycles. The summed E-state index contributed by atoms with van der Waals surface area (Å²) in [5.74, 6) is 2.34. The van der Waals surface area contributed by atoms with Crippen LogP contribution in [-0.4, -0.2) is 61.2 Å². The van der Waals surface area contributed by atoms with Gasteiger partial charge in [-0.1, -0.05) is 6.92 Å². The Labute approximate surface area is 125 Å². The molecule has 7 heteroatoms. The molecule has 3 heterocycles. The third-order valence-corrected chi connectivity index (χ3v) is 4.19. The predicted molar refractivity (Wildman–Crippen MR) is 79.4 cm³/mol. The molecule has 0 bridgehead atoms. The number of nitrogens with one attached hydrogen (secondary N) is 2. The molecule has 7 nitrogen and oxygen atoms in total. The Morgan fingerprint density at radius 1 is 1.33 bits per heavy atom. The van der Waals surface area contributed by atoms with Gasteiger partial charge in [0, 0.05) is 13.1 Å². The molecule has 1 aromatic heterocycles. The molecule has 2 N–H and O–H groups in total. The number of hydrogen-bond donors (Lipinski definition) is 2. The Kier molecular flexibility index (Phi) is 5.05. The van der Waals surface area contributed by atoms with Crippen molar-refractivity contribution in [1.29, 1.82) is 0 Å². The number of aromatic amines is 1. The molecule has 0 radical (unpaired) electrons. The van der Waals surface area contributed by atoms with Gasteiger partial charge in [0.05, 0.1) is 19.8 Å². The van der Waals surface area contributed by atoms with Crippen molar-refractivity contribution in [3.05, 3.63) is 5.82 Å². The molecule has 118 valence electrons. The molecular weight excluding hydrogens is 270 g/mol. The third-order valence-electron chi connectivity index (χ3n) is 4.19. The Morgan fingerprint density at radius 2 is 2.19 bits per heavy atom. The quantitative estimate of drug-likeness (QED) is 0.833. The molecule has 1 atom stereocenters. The number of anilines is 1. The molecule has 0 amide bonds. The minimum absolute atomic E-state index is 0.105. The minimum atomic E-state index is -0.105. The van der Waals surface area contributed by atoms with E-state index in [9.17, 15) is 0 Å². The van der Waals surface area contributed by atoms with Gasteiger partial charge in [0.25, 0.3) is 0 Å². The van der Waals surface area contributed by atoms with Gasteiger partial charge in [-0.2, -0.15) is 4.98 Å². The van der Waals surface area contributed by atoms with Gasteiger partial charge in [0.15, 0.2) is 5.82 Å². The standard InChI is InChI=1S/C14H25N5O2/c1-2-15-9-11-3-5-19(6-4-11)14-16-13(17-18-14)12-10-20-7-8-21-12/h11-12,15H,2-10H2,1H3,(H,16,17,18). The molecule has 0 spiro atoms. The fourth-order valence-electron chi connectivity index (χ4n) is 2.88. The zero-order valence-corrected chi connectivity index (χ0v) is 12.7. The van der Waals surface area contributed by atoms with Crippen LogP contribution >= 0.6 is 0 Å². The molecule has 0 aromatic carbocycles. The Bertz CT molecular complexity index is 425. The summed E-state index contributed by atoms with van der Waals surface area (Å²) in [4.78, 5) is 6.84. The molecule has 0 aliphatic carbocycles. The number of hydrogen-bond acceptors (Lipinski definition) is 6. The topological polar surface area (TPSA) is 75.3 Å². The average molecular weight is 295 g/mol. The Hall–Kier alpha value is -1.18. The van der Waals surface area contributed by atoms with E-state index < -0.39 is 0 Å². The van der Waals surface area contributed by atoms with E-state index in [1.807, 2.05) is 0 Å². The zero-order chi connectivity index (χ0) is 14.5. The predicted octanol–water partition coefficient (Wildman–Crippen LogP) is 0.718. The number of H-pyrrole nitrogens is 1. The maximum atomic E-state index is 5.64. The van der Waals surface area contributed by atoms with Crippen LogP contribution in [0.2, 0.25) is 0 Å². The van der Waals surface area contributed by atoms with E-state index in [-0.39, 0.29) is 6.10 Å². The highest BCUT2D eigenvalue weighted by Crippen LogP contribution is 2.23. The van der Waals surface area contributed by atoms with Crippen molar-refractivity contribution in [3.63, 3.8) is 0 Å². The van der Waals surface area contributed by atoms with Gasteiger partial charge in [0.2, 0.25) is 5.95 Å². The summed E-state index contributed by atoms with van der Waals surface area (Å²) >= 11 is 0. The normalized spacial score (nSPS) is 24.4. The molecule has 2 fully saturated rings. The minimum Gasteiger partial charge on any atom is -0.376 e. The molecule has 3 rings (SSSR count). The zero-order valence-electron chi connectivity index (χ0n) is 12.7. The summed E-state index contributed by atoms with van der Waals surface area (Å²) in [5.41, 5.74) is 0. The van der Waals surface area contributed by atoms with E-state index in [1.54, 1.807) is 0 Å². The SMILES string of the molecule is CCNCC1CCN(c2n[nH]c(C3COCCO3)n2)CC1. The number of rotatable bonds is 5. The van der Waals surface area contributed by atoms with Crippen LogP contribution in [0.25, 0.3) is 0 Å². The lowest BCUT2D eigenvalue weighted by molar-refractivity contribution is -0.0933. The van der Waals surface area contributed by atoms with Crippen molar-refractivity contribution in [2.45, 2.75) is 25.9 Å². The molecule has 2 aliphatic heterocycles. The second kappa shape index (κ2) is 7.20.